The zero-order chi connectivity index (χ0) is 27.4. The molecule has 0 radical (unpaired) electrons. The van der Waals surface area contributed by atoms with Crippen molar-refractivity contribution in [2.24, 2.45) is 11.8 Å². The summed E-state index contributed by atoms with van der Waals surface area (Å²) >= 11 is 6.16. The van der Waals surface area contributed by atoms with Crippen LogP contribution in [0.3, 0.4) is 0 Å². The third-order valence-electron chi connectivity index (χ3n) is 7.31. The van der Waals surface area contributed by atoms with E-state index in [1.165, 1.54) is 6.33 Å². The van der Waals surface area contributed by atoms with Crippen LogP contribution in [0.1, 0.15) is 44.9 Å². The van der Waals surface area contributed by atoms with E-state index >= 15 is 4.39 Å². The maximum Gasteiger partial charge on any atom is 0.243 e. The number of hydrogen-bond acceptors (Lipinski definition) is 11. The van der Waals surface area contributed by atoms with Gasteiger partial charge in [-0.25, -0.2) is 19.7 Å². The molecule has 0 aromatic carbocycles. The Bertz CT molecular complexity index is 1320. The van der Waals surface area contributed by atoms with Gasteiger partial charge < -0.3 is 4.90 Å². The predicted molar refractivity (Wildman–Crippen MR) is 137 cm³/mol. The Labute approximate surface area is 227 Å². The minimum Gasteiger partial charge on any atom is -0.349 e. The first kappa shape index (κ1) is 26.9. The molecule has 1 saturated heterocycles. The van der Waals surface area contributed by atoms with Gasteiger partial charge in [-0.2, -0.15) is 14.4 Å². The fraction of sp³-hybridized carbons (Fsp3) is 0.565. The van der Waals surface area contributed by atoms with E-state index in [-0.39, 0.29) is 35.9 Å². The predicted octanol–water partition coefficient (Wildman–Crippen LogP) is 1.96. The molecule has 3 aromatic rings. The van der Waals surface area contributed by atoms with Gasteiger partial charge in [0.1, 0.15) is 6.33 Å². The highest BCUT2D eigenvalue weighted by Gasteiger charge is 2.32. The van der Waals surface area contributed by atoms with E-state index in [9.17, 15) is 14.8 Å². The second kappa shape index (κ2) is 12.0. The molecular weight excluding hydrogens is 533 g/mol. The van der Waals surface area contributed by atoms with Crippen LogP contribution in [0.5, 0.6) is 0 Å². The number of hydroxylamine groups is 2. The standard InChI is InChI=1S/C23H29ClFN11O3/c24-23-28-19(31-32-22(38)15(10-34(39)13-37)8-14-4-1-2-5-14)18(25)21(29-23)35-7-3-6-16(35)11-36-20-17(30-33-36)9-26-12-27-20/h9,12-16,39H,1-8,10-11H2,(H,32,38)(H,28,29,31)/t15?,16-/m0/s1. The molecule has 3 N–H and O–H groups in total. The van der Waals surface area contributed by atoms with E-state index in [2.05, 4.69) is 41.1 Å². The van der Waals surface area contributed by atoms with Gasteiger partial charge in [0.2, 0.25) is 23.4 Å². The Morgan fingerprint density at radius 2 is 2.10 bits per heavy atom. The Kier molecular flexibility index (Phi) is 8.26. The summed E-state index contributed by atoms with van der Waals surface area (Å²) in [5.41, 5.74) is 6.13. The van der Waals surface area contributed by atoms with E-state index in [0.717, 1.165) is 38.5 Å². The number of aromatic nitrogens is 7. The van der Waals surface area contributed by atoms with Crippen molar-refractivity contribution in [3.8, 4) is 0 Å². The number of rotatable bonds is 11. The lowest BCUT2D eigenvalue weighted by Gasteiger charge is -2.26. The van der Waals surface area contributed by atoms with Crippen molar-refractivity contribution in [2.75, 3.05) is 23.4 Å². The van der Waals surface area contributed by atoms with Crippen molar-refractivity contribution in [2.45, 2.75) is 57.5 Å². The Hall–Kier alpha value is -3.72. The lowest BCUT2D eigenvalue weighted by molar-refractivity contribution is -0.154. The van der Waals surface area contributed by atoms with Crippen molar-refractivity contribution < 1.29 is 19.2 Å². The number of nitrogens with one attached hydrogen (secondary N) is 2. The first-order valence-electron chi connectivity index (χ1n) is 12.9. The molecule has 16 heteroatoms. The molecule has 39 heavy (non-hydrogen) atoms. The fourth-order valence-corrected chi connectivity index (χ4v) is 5.61. The number of hydrogen-bond donors (Lipinski definition) is 3. The number of anilines is 2. The molecule has 1 saturated carbocycles. The second-order valence-corrected chi connectivity index (χ2v) is 10.2. The molecule has 2 aliphatic rings. The van der Waals surface area contributed by atoms with Crippen molar-refractivity contribution in [1.29, 1.82) is 0 Å². The third-order valence-corrected chi connectivity index (χ3v) is 7.48. The zero-order valence-electron chi connectivity index (χ0n) is 21.1. The minimum absolute atomic E-state index is 0.00158. The van der Waals surface area contributed by atoms with Gasteiger partial charge >= 0.3 is 0 Å². The first-order chi connectivity index (χ1) is 18.9. The van der Waals surface area contributed by atoms with Gasteiger partial charge in [-0.1, -0.05) is 30.9 Å². The van der Waals surface area contributed by atoms with Crippen LogP contribution < -0.4 is 15.8 Å². The Balaban J connectivity index is 1.30. The van der Waals surface area contributed by atoms with Crippen LogP contribution in [0, 0.1) is 17.7 Å². The largest absolute Gasteiger partial charge is 0.349 e. The van der Waals surface area contributed by atoms with Crippen LogP contribution >= 0.6 is 11.6 Å². The van der Waals surface area contributed by atoms with Gasteiger partial charge in [-0.05, 0) is 36.8 Å². The summed E-state index contributed by atoms with van der Waals surface area (Å²) in [6.07, 6.45) is 9.42. The molecule has 4 heterocycles. The average Bonchev–Trinajstić information content (AvgIpc) is 3.71. The topological polar surface area (TPSA) is 167 Å². The second-order valence-electron chi connectivity index (χ2n) is 9.90. The molecule has 3 aromatic heterocycles. The van der Waals surface area contributed by atoms with Crippen molar-refractivity contribution >= 4 is 46.7 Å². The lowest BCUT2D eigenvalue weighted by Crippen LogP contribution is -2.41. The quantitative estimate of drug-likeness (QED) is 0.135. The molecule has 5 rings (SSSR count). The number of hydrazine groups is 1. The molecular formula is C23H29ClFN11O3. The van der Waals surface area contributed by atoms with Gasteiger partial charge in [0.15, 0.2) is 22.8 Å². The molecule has 2 fully saturated rings. The van der Waals surface area contributed by atoms with Crippen LogP contribution in [0.4, 0.5) is 16.0 Å². The van der Waals surface area contributed by atoms with Crippen LogP contribution in [0.25, 0.3) is 11.2 Å². The van der Waals surface area contributed by atoms with E-state index in [1.807, 2.05) is 0 Å². The number of amides is 2. The normalized spacial score (nSPS) is 18.4. The van der Waals surface area contributed by atoms with Crippen LogP contribution in [0.15, 0.2) is 12.5 Å². The van der Waals surface area contributed by atoms with Gasteiger partial charge in [0, 0.05) is 6.54 Å². The highest BCUT2D eigenvalue weighted by Crippen LogP contribution is 2.32. The maximum atomic E-state index is 15.7. The Morgan fingerprint density at radius 1 is 1.28 bits per heavy atom. The molecule has 1 aliphatic heterocycles. The summed E-state index contributed by atoms with van der Waals surface area (Å²) < 4.78 is 17.3. The summed E-state index contributed by atoms with van der Waals surface area (Å²) in [6, 6.07) is -0.164. The number of carbonyl (C=O) groups is 2. The van der Waals surface area contributed by atoms with Gasteiger partial charge in [0.05, 0.1) is 31.2 Å². The van der Waals surface area contributed by atoms with E-state index in [0.29, 0.717) is 41.7 Å². The molecule has 208 valence electrons. The van der Waals surface area contributed by atoms with Crippen LogP contribution in [-0.2, 0) is 16.1 Å². The average molecular weight is 562 g/mol. The molecule has 2 atom stereocenters. The monoisotopic (exact) mass is 561 g/mol. The van der Waals surface area contributed by atoms with Crippen LogP contribution in [0.2, 0.25) is 5.28 Å². The van der Waals surface area contributed by atoms with Gasteiger partial charge in [-0.15, -0.1) is 5.10 Å². The third kappa shape index (κ3) is 6.14. The highest BCUT2D eigenvalue weighted by atomic mass is 35.5. The smallest absolute Gasteiger partial charge is 0.243 e. The number of fused-ring (bicyclic) bond motifs is 1. The number of halogens is 2. The SMILES string of the molecule is O=CN(O)CC(CC1CCCC1)C(=O)NNc1nc(Cl)nc(N2CCC[C@H]2Cn2nnc3cncnc32)c1F. The summed E-state index contributed by atoms with van der Waals surface area (Å²) in [6.45, 7) is 0.748. The molecule has 1 unspecified atom stereocenters. The highest BCUT2D eigenvalue weighted by molar-refractivity contribution is 6.28. The molecule has 0 bridgehead atoms. The van der Waals surface area contributed by atoms with E-state index < -0.39 is 17.6 Å². The summed E-state index contributed by atoms with van der Waals surface area (Å²) in [5, 5.41) is 18.2. The number of nitrogens with zero attached hydrogens (tertiary/aromatic N) is 9. The fourth-order valence-electron chi connectivity index (χ4n) is 5.44. The lowest BCUT2D eigenvalue weighted by atomic mass is 9.92. The first-order valence-corrected chi connectivity index (χ1v) is 13.3. The summed E-state index contributed by atoms with van der Waals surface area (Å²) in [4.78, 5) is 42.0. The zero-order valence-corrected chi connectivity index (χ0v) is 21.8. The van der Waals surface area contributed by atoms with Crippen molar-refractivity contribution in [1.82, 2.24) is 45.4 Å². The van der Waals surface area contributed by atoms with E-state index in [4.69, 9.17) is 11.6 Å². The number of carbonyl (C=O) groups excluding carboxylic acids is 2. The molecule has 2 amide bonds. The molecule has 0 spiro atoms. The van der Waals surface area contributed by atoms with E-state index in [1.54, 1.807) is 15.8 Å². The van der Waals surface area contributed by atoms with Crippen LogP contribution in [-0.4, -0.2) is 76.6 Å². The molecule has 14 nitrogen and oxygen atoms in total. The maximum absolute atomic E-state index is 15.7. The minimum atomic E-state index is -0.776. The van der Waals surface area contributed by atoms with Crippen molar-refractivity contribution in [3.05, 3.63) is 23.6 Å². The van der Waals surface area contributed by atoms with Gasteiger partial charge in [-0.3, -0.25) is 25.6 Å². The van der Waals surface area contributed by atoms with Crippen molar-refractivity contribution in [3.63, 3.8) is 0 Å². The summed E-state index contributed by atoms with van der Waals surface area (Å²) in [5.74, 6) is -1.95. The molecule has 1 aliphatic carbocycles. The Morgan fingerprint density at radius 3 is 2.90 bits per heavy atom. The van der Waals surface area contributed by atoms with Gasteiger partial charge in [0.25, 0.3) is 0 Å². The summed E-state index contributed by atoms with van der Waals surface area (Å²) in [7, 11) is 0.